The molecule has 32 heavy (non-hydrogen) atoms. The van der Waals surface area contributed by atoms with Crippen molar-refractivity contribution in [2.45, 2.75) is 38.2 Å². The highest BCUT2D eigenvalue weighted by molar-refractivity contribution is 5.93. The number of likely N-dealkylation sites (tertiary alicyclic amines) is 1. The van der Waals surface area contributed by atoms with Crippen molar-refractivity contribution in [3.8, 4) is 11.5 Å². The van der Waals surface area contributed by atoms with E-state index in [0.717, 1.165) is 41.6 Å². The smallest absolute Gasteiger partial charge is 0.251 e. The molecule has 0 spiro atoms. The molecule has 1 N–H and O–H groups in total. The molecule has 0 bridgehead atoms. The van der Waals surface area contributed by atoms with E-state index in [0.29, 0.717) is 38.4 Å². The number of nitrogens with zero attached hydrogens (tertiary/aromatic N) is 2. The van der Waals surface area contributed by atoms with Crippen LogP contribution in [0.3, 0.4) is 0 Å². The van der Waals surface area contributed by atoms with Crippen LogP contribution in [0.5, 0.6) is 0 Å². The van der Waals surface area contributed by atoms with E-state index in [1.807, 2.05) is 53.4 Å². The average Bonchev–Trinajstić information content (AvgIpc) is 3.29. The number of carbonyl (C=O) groups is 2. The Morgan fingerprint density at radius 3 is 2.47 bits per heavy atom. The SMILES string of the molecule is O=C(Nc1ccc(-c2nc3ccccc3o2)cc1)C1CCN(C(=O)C2CCCCO2)CC1. The highest BCUT2D eigenvalue weighted by Crippen LogP contribution is 2.26. The molecule has 2 fully saturated rings. The molecule has 2 aliphatic rings. The normalized spacial score (nSPS) is 19.8. The summed E-state index contributed by atoms with van der Waals surface area (Å²) in [6.45, 7) is 1.88. The van der Waals surface area contributed by atoms with Crippen LogP contribution < -0.4 is 5.32 Å². The molecule has 7 nitrogen and oxygen atoms in total. The van der Waals surface area contributed by atoms with Gasteiger partial charge in [-0.3, -0.25) is 9.59 Å². The van der Waals surface area contributed by atoms with Crippen molar-refractivity contribution < 1.29 is 18.7 Å². The minimum atomic E-state index is -0.297. The number of anilines is 1. The van der Waals surface area contributed by atoms with Crippen LogP contribution in [0.1, 0.15) is 32.1 Å². The van der Waals surface area contributed by atoms with Gasteiger partial charge in [0.05, 0.1) is 0 Å². The molecule has 2 saturated heterocycles. The number of nitrogens with one attached hydrogen (secondary N) is 1. The number of fused-ring (bicyclic) bond motifs is 1. The van der Waals surface area contributed by atoms with Gasteiger partial charge >= 0.3 is 0 Å². The Bertz CT molecular complexity index is 1060. The van der Waals surface area contributed by atoms with Gasteiger partial charge in [0.15, 0.2) is 5.58 Å². The second-order valence-corrected chi connectivity index (χ2v) is 8.51. The Hall–Kier alpha value is -3.19. The van der Waals surface area contributed by atoms with Crippen LogP contribution in [0.25, 0.3) is 22.6 Å². The highest BCUT2D eigenvalue weighted by atomic mass is 16.5. The number of para-hydroxylation sites is 2. The van der Waals surface area contributed by atoms with E-state index >= 15 is 0 Å². The molecular weight excluding hydrogens is 406 g/mol. The van der Waals surface area contributed by atoms with E-state index in [9.17, 15) is 9.59 Å². The topological polar surface area (TPSA) is 84.7 Å². The maximum Gasteiger partial charge on any atom is 0.251 e. The minimum absolute atomic E-state index is 0.000581. The van der Waals surface area contributed by atoms with E-state index in [4.69, 9.17) is 9.15 Å². The fraction of sp³-hybridized carbons (Fsp3) is 0.400. The molecule has 7 heteroatoms. The van der Waals surface area contributed by atoms with Gasteiger partial charge < -0.3 is 19.4 Å². The van der Waals surface area contributed by atoms with Crippen LogP contribution in [0.2, 0.25) is 0 Å². The minimum Gasteiger partial charge on any atom is -0.436 e. The van der Waals surface area contributed by atoms with Crippen LogP contribution in [-0.2, 0) is 14.3 Å². The number of carbonyl (C=O) groups excluding carboxylic acids is 2. The van der Waals surface area contributed by atoms with Crippen molar-refractivity contribution in [1.29, 1.82) is 0 Å². The van der Waals surface area contributed by atoms with Crippen LogP contribution in [0.4, 0.5) is 5.69 Å². The van der Waals surface area contributed by atoms with Gasteiger partial charge in [0.25, 0.3) is 5.91 Å². The first-order valence-electron chi connectivity index (χ1n) is 11.3. The van der Waals surface area contributed by atoms with E-state index in [1.54, 1.807) is 0 Å². The number of aromatic nitrogens is 1. The number of piperidine rings is 1. The molecule has 2 amide bonds. The summed E-state index contributed by atoms with van der Waals surface area (Å²) in [5, 5.41) is 3.01. The van der Waals surface area contributed by atoms with Gasteiger partial charge in [-0.2, -0.15) is 0 Å². The molecule has 2 aliphatic heterocycles. The van der Waals surface area contributed by atoms with Crippen molar-refractivity contribution >= 4 is 28.6 Å². The maximum absolute atomic E-state index is 12.7. The average molecular weight is 434 g/mol. The molecule has 166 valence electrons. The Labute approximate surface area is 186 Å². The molecule has 2 aromatic carbocycles. The lowest BCUT2D eigenvalue weighted by Gasteiger charge is -2.34. The lowest BCUT2D eigenvalue weighted by Crippen LogP contribution is -2.47. The number of benzene rings is 2. The Balaban J connectivity index is 1.15. The van der Waals surface area contributed by atoms with Gasteiger partial charge in [0.1, 0.15) is 11.6 Å². The number of amides is 2. The largest absolute Gasteiger partial charge is 0.436 e. The summed E-state index contributed by atoms with van der Waals surface area (Å²) in [4.78, 5) is 31.7. The van der Waals surface area contributed by atoms with Crippen molar-refractivity contribution in [2.75, 3.05) is 25.0 Å². The van der Waals surface area contributed by atoms with E-state index in [1.165, 1.54) is 0 Å². The molecule has 0 aliphatic carbocycles. The Morgan fingerprint density at radius 1 is 0.969 bits per heavy atom. The first-order valence-corrected chi connectivity index (χ1v) is 11.3. The first kappa shape index (κ1) is 20.7. The van der Waals surface area contributed by atoms with Gasteiger partial charge in [-0.05, 0) is 68.5 Å². The number of hydrogen-bond donors (Lipinski definition) is 1. The number of hydrogen-bond acceptors (Lipinski definition) is 5. The summed E-state index contributed by atoms with van der Waals surface area (Å²) >= 11 is 0. The molecule has 1 atom stereocenters. The summed E-state index contributed by atoms with van der Waals surface area (Å²) in [7, 11) is 0. The zero-order chi connectivity index (χ0) is 21.9. The lowest BCUT2D eigenvalue weighted by atomic mass is 9.95. The van der Waals surface area contributed by atoms with Crippen molar-refractivity contribution in [2.24, 2.45) is 5.92 Å². The van der Waals surface area contributed by atoms with Crippen LogP contribution in [0, 0.1) is 5.92 Å². The third-order valence-corrected chi connectivity index (χ3v) is 6.33. The Morgan fingerprint density at radius 2 is 1.75 bits per heavy atom. The number of rotatable bonds is 4. The second-order valence-electron chi connectivity index (χ2n) is 8.51. The Kier molecular flexibility index (Phi) is 5.90. The third-order valence-electron chi connectivity index (χ3n) is 6.33. The van der Waals surface area contributed by atoms with Gasteiger partial charge in [-0.1, -0.05) is 12.1 Å². The lowest BCUT2D eigenvalue weighted by molar-refractivity contribution is -0.148. The quantitative estimate of drug-likeness (QED) is 0.665. The second kappa shape index (κ2) is 9.12. The summed E-state index contributed by atoms with van der Waals surface area (Å²) in [6.07, 6.45) is 3.92. The summed E-state index contributed by atoms with van der Waals surface area (Å²) in [5.74, 6) is 0.546. The van der Waals surface area contributed by atoms with E-state index < -0.39 is 0 Å². The number of oxazole rings is 1. The molecular formula is C25H27N3O4. The van der Waals surface area contributed by atoms with E-state index in [2.05, 4.69) is 10.3 Å². The monoisotopic (exact) mass is 433 g/mol. The molecule has 0 radical (unpaired) electrons. The molecule has 5 rings (SSSR count). The first-order chi connectivity index (χ1) is 15.7. The predicted octanol–water partition coefficient (Wildman–Crippen LogP) is 4.24. The summed E-state index contributed by atoms with van der Waals surface area (Å²) in [6, 6.07) is 15.2. The molecule has 1 unspecified atom stereocenters. The fourth-order valence-corrected chi connectivity index (χ4v) is 4.44. The number of ether oxygens (including phenoxy) is 1. The van der Waals surface area contributed by atoms with Gasteiger partial charge in [0, 0.05) is 36.9 Å². The van der Waals surface area contributed by atoms with Crippen LogP contribution in [0.15, 0.2) is 52.9 Å². The van der Waals surface area contributed by atoms with Crippen molar-refractivity contribution in [1.82, 2.24) is 9.88 Å². The van der Waals surface area contributed by atoms with Crippen LogP contribution >= 0.6 is 0 Å². The van der Waals surface area contributed by atoms with E-state index in [-0.39, 0.29) is 23.8 Å². The van der Waals surface area contributed by atoms with Crippen LogP contribution in [-0.4, -0.2) is 47.5 Å². The molecule has 1 aromatic heterocycles. The highest BCUT2D eigenvalue weighted by Gasteiger charge is 2.32. The zero-order valence-electron chi connectivity index (χ0n) is 18.0. The fourth-order valence-electron chi connectivity index (χ4n) is 4.44. The standard InChI is InChI=1S/C25H27N3O4/c29-23(17-12-14-28(15-13-17)25(30)22-7-3-4-16-31-22)26-19-10-8-18(9-11-19)24-27-20-5-1-2-6-21(20)32-24/h1-2,5-6,8-11,17,22H,3-4,7,12-16H2,(H,26,29). The van der Waals surface area contributed by atoms with Gasteiger partial charge in [0.2, 0.25) is 11.8 Å². The summed E-state index contributed by atoms with van der Waals surface area (Å²) in [5.41, 5.74) is 3.17. The zero-order valence-corrected chi connectivity index (χ0v) is 18.0. The molecule has 3 aromatic rings. The molecule has 0 saturated carbocycles. The van der Waals surface area contributed by atoms with Gasteiger partial charge in [-0.25, -0.2) is 4.98 Å². The molecule has 3 heterocycles. The summed E-state index contributed by atoms with van der Waals surface area (Å²) < 4.78 is 11.4. The predicted molar refractivity (Wildman–Crippen MR) is 121 cm³/mol. The van der Waals surface area contributed by atoms with Crippen molar-refractivity contribution in [3.05, 3.63) is 48.5 Å². The third kappa shape index (κ3) is 4.39. The maximum atomic E-state index is 12.7. The van der Waals surface area contributed by atoms with Crippen molar-refractivity contribution in [3.63, 3.8) is 0 Å². The van der Waals surface area contributed by atoms with Gasteiger partial charge in [-0.15, -0.1) is 0 Å².